The first-order valence-corrected chi connectivity index (χ1v) is 7.61. The molecule has 5 heteroatoms. The van der Waals surface area contributed by atoms with Crippen molar-refractivity contribution in [3.05, 3.63) is 29.3 Å². The minimum absolute atomic E-state index is 0.236. The number of halogens is 3. The molecule has 0 fully saturated rings. The summed E-state index contributed by atoms with van der Waals surface area (Å²) in [5.74, 6) is 0.415. The normalized spacial score (nSPS) is 15.4. The van der Waals surface area contributed by atoms with E-state index in [1.807, 2.05) is 6.92 Å². The molecule has 0 aromatic heterocycles. The Kier molecular flexibility index (Phi) is 5.95. The van der Waals surface area contributed by atoms with Gasteiger partial charge in [-0.05, 0) is 37.0 Å². The summed E-state index contributed by atoms with van der Waals surface area (Å²) in [6.45, 7) is 7.86. The van der Waals surface area contributed by atoms with E-state index in [0.29, 0.717) is 10.8 Å². The minimum Gasteiger partial charge on any atom is -0.328 e. The molecule has 0 aliphatic carbocycles. The summed E-state index contributed by atoms with van der Waals surface area (Å²) in [4.78, 5) is 0.659. The standard InChI is InChI=1S/C15H22F3NS/c1-9(2)11(4)20-13-6-5-12(7-10(3)19)14(8-13)15(16,17)18/h5-6,8-11H,7,19H2,1-4H3. The van der Waals surface area contributed by atoms with Crippen LogP contribution in [0.15, 0.2) is 23.1 Å². The maximum absolute atomic E-state index is 13.1. The number of hydrogen-bond acceptors (Lipinski definition) is 2. The molecule has 1 rings (SSSR count). The Balaban J connectivity index is 3.08. The summed E-state index contributed by atoms with van der Waals surface area (Å²) in [7, 11) is 0. The Morgan fingerprint density at radius 3 is 2.20 bits per heavy atom. The fourth-order valence-corrected chi connectivity index (χ4v) is 2.80. The monoisotopic (exact) mass is 305 g/mol. The van der Waals surface area contributed by atoms with E-state index in [4.69, 9.17) is 5.73 Å². The number of benzene rings is 1. The maximum atomic E-state index is 13.1. The minimum atomic E-state index is -4.33. The quantitative estimate of drug-likeness (QED) is 0.796. The van der Waals surface area contributed by atoms with Crippen LogP contribution < -0.4 is 5.73 Å². The molecule has 2 N–H and O–H groups in total. The zero-order chi connectivity index (χ0) is 15.5. The fourth-order valence-electron chi connectivity index (χ4n) is 1.77. The highest BCUT2D eigenvalue weighted by atomic mass is 32.2. The molecule has 20 heavy (non-hydrogen) atoms. The molecule has 0 heterocycles. The lowest BCUT2D eigenvalue weighted by Crippen LogP contribution is -2.20. The third-order valence-corrected chi connectivity index (χ3v) is 4.63. The van der Waals surface area contributed by atoms with Crippen LogP contribution >= 0.6 is 11.8 Å². The number of rotatable bonds is 5. The van der Waals surface area contributed by atoms with Gasteiger partial charge < -0.3 is 5.73 Å². The lowest BCUT2D eigenvalue weighted by Gasteiger charge is -2.18. The fraction of sp³-hybridized carbons (Fsp3) is 0.600. The summed E-state index contributed by atoms with van der Waals surface area (Å²) in [5.41, 5.74) is 5.34. The number of nitrogens with two attached hydrogens (primary N) is 1. The van der Waals surface area contributed by atoms with Crippen LogP contribution in [-0.2, 0) is 12.6 Å². The van der Waals surface area contributed by atoms with Gasteiger partial charge in [0.05, 0.1) is 5.56 Å². The van der Waals surface area contributed by atoms with E-state index in [9.17, 15) is 13.2 Å². The second kappa shape index (κ2) is 6.85. The number of thioether (sulfide) groups is 1. The molecule has 1 aromatic carbocycles. The van der Waals surface area contributed by atoms with Gasteiger partial charge in [-0.3, -0.25) is 0 Å². The molecule has 0 aliphatic heterocycles. The van der Waals surface area contributed by atoms with Crippen LogP contribution in [0.1, 0.15) is 38.8 Å². The zero-order valence-electron chi connectivity index (χ0n) is 12.3. The molecule has 0 spiro atoms. The molecule has 2 unspecified atom stereocenters. The van der Waals surface area contributed by atoms with Crippen molar-refractivity contribution >= 4 is 11.8 Å². The Morgan fingerprint density at radius 2 is 1.75 bits per heavy atom. The van der Waals surface area contributed by atoms with E-state index in [1.165, 1.54) is 17.8 Å². The average Bonchev–Trinajstić information content (AvgIpc) is 2.28. The van der Waals surface area contributed by atoms with Gasteiger partial charge >= 0.3 is 6.18 Å². The molecule has 114 valence electrons. The Bertz CT molecular complexity index is 441. The molecule has 0 bridgehead atoms. The van der Waals surface area contributed by atoms with E-state index in [2.05, 4.69) is 13.8 Å². The predicted molar refractivity (Wildman–Crippen MR) is 79.0 cm³/mol. The van der Waals surface area contributed by atoms with Crippen LogP contribution in [0.2, 0.25) is 0 Å². The van der Waals surface area contributed by atoms with Gasteiger partial charge in [0.2, 0.25) is 0 Å². The van der Waals surface area contributed by atoms with Crippen molar-refractivity contribution < 1.29 is 13.2 Å². The molecule has 0 aliphatic rings. The third-order valence-electron chi connectivity index (χ3n) is 3.19. The number of alkyl halides is 3. The summed E-state index contributed by atoms with van der Waals surface area (Å²) in [6, 6.07) is 4.28. The Labute approximate surface area is 123 Å². The summed E-state index contributed by atoms with van der Waals surface area (Å²) in [5, 5.41) is 0.273. The molecule has 2 atom stereocenters. The Morgan fingerprint density at radius 1 is 1.15 bits per heavy atom. The zero-order valence-corrected chi connectivity index (χ0v) is 13.1. The van der Waals surface area contributed by atoms with Crippen LogP contribution in [0.4, 0.5) is 13.2 Å². The average molecular weight is 305 g/mol. The molecule has 0 saturated carbocycles. The molecular formula is C15H22F3NS. The first-order valence-electron chi connectivity index (χ1n) is 6.73. The molecule has 0 amide bonds. The Hall–Kier alpha value is -0.680. The van der Waals surface area contributed by atoms with E-state index < -0.39 is 11.7 Å². The number of hydrogen-bond donors (Lipinski definition) is 1. The predicted octanol–water partition coefficient (Wildman–Crippen LogP) is 4.73. The summed E-state index contributed by atoms with van der Waals surface area (Å²) >= 11 is 1.48. The molecule has 0 radical (unpaired) electrons. The van der Waals surface area contributed by atoms with Crippen LogP contribution in [0, 0.1) is 5.92 Å². The first kappa shape index (κ1) is 17.4. The van der Waals surface area contributed by atoms with Gasteiger partial charge in [0.25, 0.3) is 0 Å². The highest BCUT2D eigenvalue weighted by molar-refractivity contribution is 8.00. The smallest absolute Gasteiger partial charge is 0.328 e. The van der Waals surface area contributed by atoms with Gasteiger partial charge in [-0.1, -0.05) is 26.8 Å². The van der Waals surface area contributed by atoms with E-state index in [1.54, 1.807) is 19.1 Å². The summed E-state index contributed by atoms with van der Waals surface area (Å²) < 4.78 is 39.4. The van der Waals surface area contributed by atoms with Gasteiger partial charge in [0.1, 0.15) is 0 Å². The van der Waals surface area contributed by atoms with Crippen LogP contribution in [0.25, 0.3) is 0 Å². The van der Waals surface area contributed by atoms with Crippen LogP contribution in [-0.4, -0.2) is 11.3 Å². The highest BCUT2D eigenvalue weighted by Gasteiger charge is 2.33. The van der Waals surface area contributed by atoms with Crippen molar-refractivity contribution in [1.29, 1.82) is 0 Å². The largest absolute Gasteiger partial charge is 0.416 e. The second-order valence-electron chi connectivity index (χ2n) is 5.57. The third kappa shape index (κ3) is 5.02. The van der Waals surface area contributed by atoms with Crippen molar-refractivity contribution in [2.75, 3.05) is 0 Å². The van der Waals surface area contributed by atoms with Crippen molar-refractivity contribution in [1.82, 2.24) is 0 Å². The topological polar surface area (TPSA) is 26.0 Å². The maximum Gasteiger partial charge on any atom is 0.416 e. The first-order chi connectivity index (χ1) is 9.11. The summed E-state index contributed by atoms with van der Waals surface area (Å²) in [6.07, 6.45) is -4.10. The second-order valence-corrected chi connectivity index (χ2v) is 7.02. The van der Waals surface area contributed by atoms with E-state index in [0.717, 1.165) is 0 Å². The lowest BCUT2D eigenvalue weighted by molar-refractivity contribution is -0.138. The molecule has 1 nitrogen and oxygen atoms in total. The van der Waals surface area contributed by atoms with Gasteiger partial charge in [-0.15, -0.1) is 11.8 Å². The van der Waals surface area contributed by atoms with Crippen LogP contribution in [0.3, 0.4) is 0 Å². The van der Waals surface area contributed by atoms with Crippen molar-refractivity contribution in [3.63, 3.8) is 0 Å². The SMILES string of the molecule is CC(N)Cc1ccc(SC(C)C(C)C)cc1C(F)(F)F. The molecular weight excluding hydrogens is 283 g/mol. The lowest BCUT2D eigenvalue weighted by atomic mass is 10.0. The van der Waals surface area contributed by atoms with Crippen LogP contribution in [0.5, 0.6) is 0 Å². The highest BCUT2D eigenvalue weighted by Crippen LogP contribution is 2.37. The van der Waals surface area contributed by atoms with Crippen molar-refractivity contribution in [2.45, 2.75) is 56.5 Å². The van der Waals surface area contributed by atoms with Crippen molar-refractivity contribution in [2.24, 2.45) is 11.7 Å². The molecule has 0 saturated heterocycles. The van der Waals surface area contributed by atoms with Gasteiger partial charge in [0, 0.05) is 16.2 Å². The van der Waals surface area contributed by atoms with Crippen molar-refractivity contribution in [3.8, 4) is 0 Å². The van der Waals surface area contributed by atoms with E-state index in [-0.39, 0.29) is 23.3 Å². The molecule has 1 aromatic rings. The van der Waals surface area contributed by atoms with Gasteiger partial charge in [-0.25, -0.2) is 0 Å². The van der Waals surface area contributed by atoms with Gasteiger partial charge in [0.15, 0.2) is 0 Å². The van der Waals surface area contributed by atoms with E-state index >= 15 is 0 Å². The van der Waals surface area contributed by atoms with Gasteiger partial charge in [-0.2, -0.15) is 13.2 Å².